The van der Waals surface area contributed by atoms with Gasteiger partial charge in [-0.25, -0.2) is 0 Å². The predicted octanol–water partition coefficient (Wildman–Crippen LogP) is 0.872. The minimum absolute atomic E-state index is 0.101. The first kappa shape index (κ1) is 14.7. The Morgan fingerprint density at radius 2 is 2.15 bits per heavy atom. The lowest BCUT2D eigenvalue weighted by molar-refractivity contribution is 0.0914. The summed E-state index contributed by atoms with van der Waals surface area (Å²) in [5, 5.41) is 12.4. The molecule has 0 unspecified atom stereocenters. The summed E-state index contributed by atoms with van der Waals surface area (Å²) < 4.78 is 0. The second kappa shape index (κ2) is 6.67. The lowest BCUT2D eigenvalue weighted by Crippen LogP contribution is -2.46. The van der Waals surface area contributed by atoms with E-state index in [1.165, 1.54) is 6.07 Å². The number of nitrogens with one attached hydrogen (secondary N) is 1. The van der Waals surface area contributed by atoms with Gasteiger partial charge in [-0.1, -0.05) is 18.3 Å². The standard InChI is InChI=1S/C14H19N3O2S/c15-13(20)9-17-6-4-11(5-7-17)16-14(19)10-2-1-3-12(18)8-10/h1-3,8,11,18H,4-7,9H2,(H2,15,20)(H,16,19). The summed E-state index contributed by atoms with van der Waals surface area (Å²) in [4.78, 5) is 14.7. The van der Waals surface area contributed by atoms with Gasteiger partial charge in [-0.15, -0.1) is 0 Å². The van der Waals surface area contributed by atoms with Crippen LogP contribution in [-0.2, 0) is 0 Å². The average molecular weight is 293 g/mol. The number of rotatable bonds is 4. The quantitative estimate of drug-likeness (QED) is 0.718. The van der Waals surface area contributed by atoms with Crippen LogP contribution in [-0.4, -0.2) is 46.6 Å². The number of carbonyl (C=O) groups excluding carboxylic acids is 1. The molecular formula is C14H19N3O2S. The van der Waals surface area contributed by atoms with Crippen molar-refractivity contribution in [2.45, 2.75) is 18.9 Å². The maximum Gasteiger partial charge on any atom is 0.251 e. The summed E-state index contributed by atoms with van der Waals surface area (Å²) in [6, 6.07) is 6.53. The van der Waals surface area contributed by atoms with Crippen LogP contribution in [0.3, 0.4) is 0 Å². The van der Waals surface area contributed by atoms with Crippen LogP contribution in [0.25, 0.3) is 0 Å². The summed E-state index contributed by atoms with van der Waals surface area (Å²) in [5.74, 6) is -0.0439. The molecule has 0 aromatic heterocycles. The molecule has 0 saturated carbocycles. The molecule has 0 bridgehead atoms. The molecule has 0 aliphatic carbocycles. The van der Waals surface area contributed by atoms with Gasteiger partial charge in [-0.3, -0.25) is 9.69 Å². The topological polar surface area (TPSA) is 78.6 Å². The number of aromatic hydroxyl groups is 1. The van der Waals surface area contributed by atoms with E-state index in [4.69, 9.17) is 18.0 Å². The highest BCUT2D eigenvalue weighted by molar-refractivity contribution is 7.80. The van der Waals surface area contributed by atoms with Crippen molar-refractivity contribution in [3.8, 4) is 5.75 Å². The Morgan fingerprint density at radius 1 is 1.45 bits per heavy atom. The molecule has 1 aromatic carbocycles. The van der Waals surface area contributed by atoms with Crippen LogP contribution in [0.5, 0.6) is 5.75 Å². The zero-order chi connectivity index (χ0) is 14.5. The van der Waals surface area contributed by atoms with Gasteiger partial charge in [0, 0.05) is 31.2 Å². The van der Waals surface area contributed by atoms with Crippen LogP contribution in [0.2, 0.25) is 0 Å². The minimum atomic E-state index is -0.145. The van der Waals surface area contributed by atoms with Crippen LogP contribution in [0.1, 0.15) is 23.2 Å². The van der Waals surface area contributed by atoms with E-state index < -0.39 is 0 Å². The number of phenolic OH excluding ortho intramolecular Hbond substituents is 1. The van der Waals surface area contributed by atoms with Gasteiger partial charge in [0.25, 0.3) is 5.91 Å². The van der Waals surface area contributed by atoms with Gasteiger partial charge in [0.05, 0.1) is 4.99 Å². The molecule has 5 nitrogen and oxygen atoms in total. The molecule has 0 radical (unpaired) electrons. The molecule has 1 amide bonds. The third kappa shape index (κ3) is 4.18. The first-order valence-electron chi connectivity index (χ1n) is 6.65. The lowest BCUT2D eigenvalue weighted by Gasteiger charge is -2.31. The number of nitrogens with two attached hydrogens (primary N) is 1. The van der Waals surface area contributed by atoms with Crippen molar-refractivity contribution >= 4 is 23.1 Å². The second-order valence-electron chi connectivity index (χ2n) is 5.04. The smallest absolute Gasteiger partial charge is 0.251 e. The summed E-state index contributed by atoms with van der Waals surface area (Å²) in [5.41, 5.74) is 6.01. The molecule has 1 fully saturated rings. The summed E-state index contributed by atoms with van der Waals surface area (Å²) in [6.07, 6.45) is 1.76. The Bertz CT molecular complexity index is 499. The van der Waals surface area contributed by atoms with Crippen LogP contribution < -0.4 is 11.1 Å². The number of thiocarbonyl (C=S) groups is 1. The molecule has 1 aliphatic heterocycles. The van der Waals surface area contributed by atoms with Crippen molar-refractivity contribution in [2.24, 2.45) is 5.73 Å². The zero-order valence-electron chi connectivity index (χ0n) is 11.2. The molecule has 1 saturated heterocycles. The van der Waals surface area contributed by atoms with E-state index in [0.717, 1.165) is 25.9 Å². The highest BCUT2D eigenvalue weighted by Crippen LogP contribution is 2.13. The van der Waals surface area contributed by atoms with Crippen LogP contribution in [0.4, 0.5) is 0 Å². The normalized spacial score (nSPS) is 16.8. The van der Waals surface area contributed by atoms with Gasteiger partial charge in [0.15, 0.2) is 0 Å². The maximum absolute atomic E-state index is 12.0. The molecule has 4 N–H and O–H groups in total. The number of benzene rings is 1. The first-order chi connectivity index (χ1) is 9.54. The number of piperidine rings is 1. The monoisotopic (exact) mass is 293 g/mol. The molecule has 6 heteroatoms. The number of amides is 1. The average Bonchev–Trinajstić information content (AvgIpc) is 2.40. The number of likely N-dealkylation sites (tertiary alicyclic amines) is 1. The molecule has 108 valence electrons. The van der Waals surface area contributed by atoms with E-state index >= 15 is 0 Å². The van der Waals surface area contributed by atoms with Crippen LogP contribution in [0, 0.1) is 0 Å². The third-order valence-electron chi connectivity index (χ3n) is 3.41. The summed E-state index contributed by atoms with van der Waals surface area (Å²) in [6.45, 7) is 2.40. The van der Waals surface area contributed by atoms with E-state index in [1.807, 2.05) is 0 Å². The fourth-order valence-corrected chi connectivity index (χ4v) is 2.55. The number of phenols is 1. The zero-order valence-corrected chi connectivity index (χ0v) is 12.0. The Balaban J connectivity index is 1.83. The third-order valence-corrected chi connectivity index (χ3v) is 3.54. The van der Waals surface area contributed by atoms with E-state index in [9.17, 15) is 9.90 Å². The predicted molar refractivity (Wildman–Crippen MR) is 81.8 cm³/mol. The molecule has 1 aliphatic rings. The van der Waals surface area contributed by atoms with E-state index in [0.29, 0.717) is 17.1 Å². The van der Waals surface area contributed by atoms with Crippen molar-refractivity contribution in [3.63, 3.8) is 0 Å². The maximum atomic E-state index is 12.0. The number of hydrogen-bond donors (Lipinski definition) is 3. The Kier molecular flexibility index (Phi) is 4.92. The fourth-order valence-electron chi connectivity index (χ4n) is 2.37. The minimum Gasteiger partial charge on any atom is -0.508 e. The fraction of sp³-hybridized carbons (Fsp3) is 0.429. The molecule has 1 aromatic rings. The molecule has 2 rings (SSSR count). The number of carbonyl (C=O) groups is 1. The SMILES string of the molecule is NC(=S)CN1CCC(NC(=O)c2cccc(O)c2)CC1. The lowest BCUT2D eigenvalue weighted by atomic mass is 10.0. The van der Waals surface area contributed by atoms with Gasteiger partial charge in [0.2, 0.25) is 0 Å². The van der Waals surface area contributed by atoms with Gasteiger partial charge >= 0.3 is 0 Å². The van der Waals surface area contributed by atoms with Crippen molar-refractivity contribution in [1.29, 1.82) is 0 Å². The van der Waals surface area contributed by atoms with Crippen molar-refractivity contribution in [3.05, 3.63) is 29.8 Å². The molecule has 0 spiro atoms. The second-order valence-corrected chi connectivity index (χ2v) is 5.56. The van der Waals surface area contributed by atoms with Gasteiger partial charge in [-0.05, 0) is 31.0 Å². The van der Waals surface area contributed by atoms with E-state index in [-0.39, 0.29) is 17.7 Å². The number of hydrogen-bond acceptors (Lipinski definition) is 4. The van der Waals surface area contributed by atoms with Gasteiger partial charge in [0.1, 0.15) is 5.75 Å². The van der Waals surface area contributed by atoms with Gasteiger partial charge in [-0.2, -0.15) is 0 Å². The molecule has 20 heavy (non-hydrogen) atoms. The van der Waals surface area contributed by atoms with Crippen LogP contribution in [0.15, 0.2) is 24.3 Å². The molecule has 0 atom stereocenters. The summed E-state index contributed by atoms with van der Waals surface area (Å²) >= 11 is 4.89. The van der Waals surface area contributed by atoms with Gasteiger partial charge < -0.3 is 16.2 Å². The molecule has 1 heterocycles. The highest BCUT2D eigenvalue weighted by atomic mass is 32.1. The van der Waals surface area contributed by atoms with Crippen molar-refractivity contribution in [2.75, 3.05) is 19.6 Å². The Morgan fingerprint density at radius 3 is 2.75 bits per heavy atom. The summed E-state index contributed by atoms with van der Waals surface area (Å²) in [7, 11) is 0. The largest absolute Gasteiger partial charge is 0.508 e. The van der Waals surface area contributed by atoms with Crippen LogP contribution >= 0.6 is 12.2 Å². The first-order valence-corrected chi connectivity index (χ1v) is 7.06. The van der Waals surface area contributed by atoms with Crippen molar-refractivity contribution < 1.29 is 9.90 Å². The van der Waals surface area contributed by atoms with E-state index in [2.05, 4.69) is 10.2 Å². The van der Waals surface area contributed by atoms with Crippen molar-refractivity contribution in [1.82, 2.24) is 10.2 Å². The van der Waals surface area contributed by atoms with E-state index in [1.54, 1.807) is 18.2 Å². The number of nitrogens with zero attached hydrogens (tertiary/aromatic N) is 1. The Labute approximate surface area is 123 Å². The molecular weight excluding hydrogens is 274 g/mol. The highest BCUT2D eigenvalue weighted by Gasteiger charge is 2.21. The Hall–Kier alpha value is -1.66.